The third kappa shape index (κ3) is 2.56. The van der Waals surface area contributed by atoms with Crippen LogP contribution in [0.1, 0.15) is 39.1 Å². The molecule has 21 heavy (non-hydrogen) atoms. The lowest BCUT2D eigenvalue weighted by Gasteiger charge is -2.19. The molecule has 3 aromatic rings. The number of aromatic nitrogens is 3. The Morgan fingerprint density at radius 3 is 2.19 bits per heavy atom. The Hall–Kier alpha value is -2.16. The molecule has 108 valence electrons. The summed E-state index contributed by atoms with van der Waals surface area (Å²) in [5.74, 6) is 0.998. The van der Waals surface area contributed by atoms with Gasteiger partial charge in [-0.05, 0) is 34.2 Å². The van der Waals surface area contributed by atoms with Crippen LogP contribution >= 0.6 is 0 Å². The molecule has 0 aliphatic heterocycles. The van der Waals surface area contributed by atoms with Crippen LogP contribution in [0.4, 0.5) is 0 Å². The highest BCUT2D eigenvalue weighted by atomic mass is 15.2. The van der Waals surface area contributed by atoms with Crippen molar-refractivity contribution in [1.29, 1.82) is 0 Å². The quantitative estimate of drug-likeness (QED) is 0.701. The number of pyridine rings is 1. The van der Waals surface area contributed by atoms with Crippen molar-refractivity contribution in [2.75, 3.05) is 0 Å². The molecule has 0 saturated carbocycles. The first-order valence-corrected chi connectivity index (χ1v) is 7.43. The molecule has 0 fully saturated rings. The Balaban J connectivity index is 2.03. The lowest BCUT2D eigenvalue weighted by molar-refractivity contribution is 0.590. The van der Waals surface area contributed by atoms with Crippen LogP contribution < -0.4 is 0 Å². The SMILES string of the molecule is CCc1nnc2ccc(-c3ccc(C(C)(C)C)cc3)cn12. The maximum absolute atomic E-state index is 4.21. The molecular weight excluding hydrogens is 258 g/mol. The first kappa shape index (κ1) is 13.8. The molecule has 0 bridgehead atoms. The summed E-state index contributed by atoms with van der Waals surface area (Å²) in [6.45, 7) is 8.80. The van der Waals surface area contributed by atoms with Gasteiger partial charge in [0.05, 0.1) is 0 Å². The van der Waals surface area contributed by atoms with Gasteiger partial charge in [0.2, 0.25) is 0 Å². The molecule has 0 amide bonds. The normalized spacial score (nSPS) is 12.0. The molecule has 0 N–H and O–H groups in total. The Bertz CT molecular complexity index is 761. The van der Waals surface area contributed by atoms with Gasteiger partial charge in [0.25, 0.3) is 0 Å². The standard InChI is InChI=1S/C18H21N3/c1-5-16-19-20-17-11-8-14(12-21(16)17)13-6-9-15(10-7-13)18(2,3)4/h6-12H,5H2,1-4H3. The Labute approximate surface area is 125 Å². The van der Waals surface area contributed by atoms with Crippen LogP contribution in [0.15, 0.2) is 42.6 Å². The van der Waals surface area contributed by atoms with Gasteiger partial charge in [-0.1, -0.05) is 52.0 Å². The monoisotopic (exact) mass is 279 g/mol. The molecule has 0 aliphatic rings. The van der Waals surface area contributed by atoms with Crippen molar-refractivity contribution >= 4 is 5.65 Å². The topological polar surface area (TPSA) is 30.2 Å². The minimum absolute atomic E-state index is 0.187. The van der Waals surface area contributed by atoms with Gasteiger partial charge in [0.15, 0.2) is 5.65 Å². The highest BCUT2D eigenvalue weighted by Crippen LogP contribution is 2.26. The van der Waals surface area contributed by atoms with Crippen LogP contribution in [0.2, 0.25) is 0 Å². The maximum Gasteiger partial charge on any atom is 0.160 e. The van der Waals surface area contributed by atoms with E-state index in [4.69, 9.17) is 0 Å². The molecule has 0 atom stereocenters. The van der Waals surface area contributed by atoms with Crippen LogP contribution in [-0.2, 0) is 11.8 Å². The van der Waals surface area contributed by atoms with Crippen molar-refractivity contribution in [3.63, 3.8) is 0 Å². The first-order valence-electron chi connectivity index (χ1n) is 7.43. The maximum atomic E-state index is 4.21. The smallest absolute Gasteiger partial charge is 0.160 e. The minimum Gasteiger partial charge on any atom is -0.286 e. The van der Waals surface area contributed by atoms with Crippen LogP contribution in [-0.4, -0.2) is 14.6 Å². The molecule has 3 nitrogen and oxygen atoms in total. The van der Waals surface area contributed by atoms with Crippen LogP contribution in [0.3, 0.4) is 0 Å². The van der Waals surface area contributed by atoms with Gasteiger partial charge in [0.1, 0.15) is 5.82 Å². The fourth-order valence-corrected chi connectivity index (χ4v) is 2.51. The number of rotatable bonds is 2. The van der Waals surface area contributed by atoms with E-state index in [-0.39, 0.29) is 5.41 Å². The summed E-state index contributed by atoms with van der Waals surface area (Å²) in [7, 11) is 0. The summed E-state index contributed by atoms with van der Waals surface area (Å²) >= 11 is 0. The van der Waals surface area contributed by atoms with Crippen molar-refractivity contribution in [2.45, 2.75) is 39.5 Å². The van der Waals surface area contributed by atoms with Crippen LogP contribution in [0.25, 0.3) is 16.8 Å². The highest BCUT2D eigenvalue weighted by molar-refractivity contribution is 5.65. The molecule has 0 saturated heterocycles. The summed E-state index contributed by atoms with van der Waals surface area (Å²) in [5.41, 5.74) is 4.86. The van der Waals surface area contributed by atoms with E-state index in [1.54, 1.807) is 0 Å². The van der Waals surface area contributed by atoms with E-state index in [0.717, 1.165) is 17.9 Å². The average molecular weight is 279 g/mol. The third-order valence-electron chi connectivity index (χ3n) is 3.87. The van der Waals surface area contributed by atoms with E-state index in [1.165, 1.54) is 16.7 Å². The summed E-state index contributed by atoms with van der Waals surface area (Å²) < 4.78 is 2.08. The van der Waals surface area contributed by atoms with Gasteiger partial charge in [-0.25, -0.2) is 0 Å². The first-order chi connectivity index (χ1) is 9.99. The molecule has 1 aromatic carbocycles. The highest BCUT2D eigenvalue weighted by Gasteiger charge is 2.13. The summed E-state index contributed by atoms with van der Waals surface area (Å²) in [5, 5.41) is 8.39. The zero-order chi connectivity index (χ0) is 15.0. The second-order valence-electron chi connectivity index (χ2n) is 6.44. The molecule has 0 unspecified atom stereocenters. The summed E-state index contributed by atoms with van der Waals surface area (Å²) in [4.78, 5) is 0. The van der Waals surface area contributed by atoms with E-state index >= 15 is 0 Å². The minimum atomic E-state index is 0.187. The van der Waals surface area contributed by atoms with E-state index in [2.05, 4.69) is 78.8 Å². The predicted molar refractivity (Wildman–Crippen MR) is 86.5 cm³/mol. The van der Waals surface area contributed by atoms with E-state index in [0.29, 0.717) is 0 Å². The average Bonchev–Trinajstić information content (AvgIpc) is 2.88. The molecule has 3 rings (SSSR count). The van der Waals surface area contributed by atoms with Gasteiger partial charge in [-0.15, -0.1) is 10.2 Å². The Morgan fingerprint density at radius 1 is 0.905 bits per heavy atom. The van der Waals surface area contributed by atoms with Gasteiger partial charge in [0, 0.05) is 12.6 Å². The van der Waals surface area contributed by atoms with Crippen molar-refractivity contribution in [3.8, 4) is 11.1 Å². The largest absolute Gasteiger partial charge is 0.286 e. The number of nitrogens with zero attached hydrogens (tertiary/aromatic N) is 3. The lowest BCUT2D eigenvalue weighted by atomic mass is 9.86. The summed E-state index contributed by atoms with van der Waals surface area (Å²) in [6.07, 6.45) is 3.01. The fourth-order valence-electron chi connectivity index (χ4n) is 2.51. The zero-order valence-corrected chi connectivity index (χ0v) is 13.1. The molecule has 0 aliphatic carbocycles. The van der Waals surface area contributed by atoms with E-state index < -0.39 is 0 Å². The number of aryl methyl sites for hydroxylation is 1. The number of hydrogen-bond donors (Lipinski definition) is 0. The van der Waals surface area contributed by atoms with Crippen molar-refractivity contribution in [2.24, 2.45) is 0 Å². The van der Waals surface area contributed by atoms with Gasteiger partial charge in [-0.2, -0.15) is 0 Å². The fraction of sp³-hybridized carbons (Fsp3) is 0.333. The van der Waals surface area contributed by atoms with Crippen molar-refractivity contribution < 1.29 is 0 Å². The second-order valence-corrected chi connectivity index (χ2v) is 6.44. The molecule has 3 heteroatoms. The Kier molecular flexibility index (Phi) is 3.28. The van der Waals surface area contributed by atoms with Crippen LogP contribution in [0, 0.1) is 0 Å². The Morgan fingerprint density at radius 2 is 1.57 bits per heavy atom. The van der Waals surface area contributed by atoms with Gasteiger partial charge >= 0.3 is 0 Å². The van der Waals surface area contributed by atoms with Gasteiger partial charge in [-0.3, -0.25) is 4.40 Å². The van der Waals surface area contributed by atoms with E-state index in [9.17, 15) is 0 Å². The second kappa shape index (κ2) is 4.99. The third-order valence-corrected chi connectivity index (χ3v) is 3.87. The number of benzene rings is 1. The van der Waals surface area contributed by atoms with E-state index in [1.807, 2.05) is 6.07 Å². The van der Waals surface area contributed by atoms with Crippen molar-refractivity contribution in [1.82, 2.24) is 14.6 Å². The molecular formula is C18H21N3. The molecule has 0 radical (unpaired) electrons. The predicted octanol–water partition coefficient (Wildman–Crippen LogP) is 4.26. The van der Waals surface area contributed by atoms with Gasteiger partial charge < -0.3 is 0 Å². The van der Waals surface area contributed by atoms with Crippen molar-refractivity contribution in [3.05, 3.63) is 54.0 Å². The molecule has 2 heterocycles. The zero-order valence-electron chi connectivity index (χ0n) is 13.1. The number of hydrogen-bond acceptors (Lipinski definition) is 2. The summed E-state index contributed by atoms with van der Waals surface area (Å²) in [6, 6.07) is 12.9. The lowest BCUT2D eigenvalue weighted by Crippen LogP contribution is -2.10. The molecule has 0 spiro atoms. The molecule has 2 aromatic heterocycles. The van der Waals surface area contributed by atoms with Crippen LogP contribution in [0.5, 0.6) is 0 Å². The number of fused-ring (bicyclic) bond motifs is 1.